The first kappa shape index (κ1) is 19.3. The number of pyridine rings is 1. The average molecular weight is 425 g/mol. The van der Waals surface area contributed by atoms with Crippen LogP contribution in [0.25, 0.3) is 5.65 Å². The molecule has 156 valence electrons. The molecule has 2 fully saturated rings. The van der Waals surface area contributed by atoms with Gasteiger partial charge in [-0.3, -0.25) is 4.79 Å². The Hall–Kier alpha value is -2.67. The Morgan fingerprint density at radius 2 is 1.97 bits per heavy atom. The van der Waals surface area contributed by atoms with E-state index >= 15 is 0 Å². The van der Waals surface area contributed by atoms with Crippen molar-refractivity contribution in [2.24, 2.45) is 0 Å². The number of nitrogens with zero attached hydrogens (tertiary/aromatic N) is 6. The van der Waals surface area contributed by atoms with Gasteiger partial charge in [0.15, 0.2) is 5.65 Å². The van der Waals surface area contributed by atoms with Crippen LogP contribution in [0.3, 0.4) is 0 Å². The van der Waals surface area contributed by atoms with E-state index in [9.17, 15) is 4.79 Å². The van der Waals surface area contributed by atoms with Crippen molar-refractivity contribution in [1.82, 2.24) is 24.5 Å². The zero-order valence-electron chi connectivity index (χ0n) is 17.1. The Labute approximate surface area is 180 Å². The molecule has 2 aliphatic heterocycles. The molecule has 5 rings (SSSR count). The second-order valence-corrected chi connectivity index (χ2v) is 8.56. The minimum absolute atomic E-state index is 0.0958. The quantitative estimate of drug-likeness (QED) is 0.634. The zero-order chi connectivity index (χ0) is 20.7. The third-order valence-corrected chi connectivity index (χ3v) is 6.40. The van der Waals surface area contributed by atoms with Gasteiger partial charge in [-0.2, -0.15) is 5.10 Å². The van der Waals surface area contributed by atoms with E-state index < -0.39 is 0 Å². The standard InChI is InChI=1S/C22H25ClN6O/c1-15-14-29-19(25-21(15)27-10-4-5-11-27)13-17(26-29)18-8-2-3-12-28(18)22(30)20-16(23)7-6-9-24-20/h6-7,9,13-14,18H,2-5,8,10-12H2,1H3. The maximum Gasteiger partial charge on any atom is 0.274 e. The van der Waals surface area contributed by atoms with Crippen molar-refractivity contribution in [3.05, 3.63) is 52.6 Å². The summed E-state index contributed by atoms with van der Waals surface area (Å²) in [7, 11) is 0. The van der Waals surface area contributed by atoms with Crippen molar-refractivity contribution in [3.8, 4) is 0 Å². The molecule has 2 saturated heterocycles. The van der Waals surface area contributed by atoms with E-state index in [2.05, 4.69) is 16.8 Å². The Morgan fingerprint density at radius 3 is 2.77 bits per heavy atom. The molecule has 3 aromatic rings. The second-order valence-electron chi connectivity index (χ2n) is 8.16. The maximum atomic E-state index is 13.2. The monoisotopic (exact) mass is 424 g/mol. The van der Waals surface area contributed by atoms with Gasteiger partial charge in [-0.25, -0.2) is 14.5 Å². The lowest BCUT2D eigenvalue weighted by Gasteiger charge is -2.34. The number of carbonyl (C=O) groups is 1. The first-order chi connectivity index (χ1) is 14.6. The van der Waals surface area contributed by atoms with Crippen molar-refractivity contribution < 1.29 is 4.79 Å². The lowest BCUT2D eigenvalue weighted by Crippen LogP contribution is -2.39. The van der Waals surface area contributed by atoms with Crippen LogP contribution in [-0.4, -0.2) is 50.0 Å². The molecule has 1 unspecified atom stereocenters. The number of hydrogen-bond donors (Lipinski definition) is 0. The van der Waals surface area contributed by atoms with Crippen LogP contribution < -0.4 is 4.90 Å². The van der Waals surface area contributed by atoms with Crippen LogP contribution in [0.1, 0.15) is 59.9 Å². The fourth-order valence-electron chi connectivity index (χ4n) is 4.59. The van der Waals surface area contributed by atoms with Crippen molar-refractivity contribution in [1.29, 1.82) is 0 Å². The summed E-state index contributed by atoms with van der Waals surface area (Å²) < 4.78 is 1.84. The minimum atomic E-state index is -0.135. The van der Waals surface area contributed by atoms with E-state index in [0.717, 1.165) is 55.1 Å². The normalized spacial score (nSPS) is 19.6. The third kappa shape index (κ3) is 3.41. The number of carbonyl (C=O) groups excluding carboxylic acids is 1. The first-order valence-electron chi connectivity index (χ1n) is 10.6. The van der Waals surface area contributed by atoms with Gasteiger partial charge in [0.1, 0.15) is 11.5 Å². The highest BCUT2D eigenvalue weighted by atomic mass is 35.5. The number of piperidine rings is 1. The molecule has 30 heavy (non-hydrogen) atoms. The Morgan fingerprint density at radius 1 is 1.17 bits per heavy atom. The maximum absolute atomic E-state index is 13.2. The van der Waals surface area contributed by atoms with E-state index in [1.54, 1.807) is 18.3 Å². The van der Waals surface area contributed by atoms with Gasteiger partial charge in [-0.05, 0) is 51.2 Å². The summed E-state index contributed by atoms with van der Waals surface area (Å²) >= 11 is 6.25. The molecule has 8 heteroatoms. The Balaban J connectivity index is 1.49. The van der Waals surface area contributed by atoms with Crippen LogP contribution in [0.15, 0.2) is 30.6 Å². The van der Waals surface area contributed by atoms with E-state index in [0.29, 0.717) is 17.3 Å². The Kier molecular flexibility index (Phi) is 5.06. The van der Waals surface area contributed by atoms with E-state index in [1.165, 1.54) is 12.8 Å². The number of likely N-dealkylation sites (tertiary alicyclic amines) is 1. The summed E-state index contributed by atoms with van der Waals surface area (Å²) in [6, 6.07) is 5.37. The summed E-state index contributed by atoms with van der Waals surface area (Å²) in [6.07, 6.45) is 8.98. The van der Waals surface area contributed by atoms with Crippen molar-refractivity contribution in [2.45, 2.75) is 45.1 Å². The fourth-order valence-corrected chi connectivity index (χ4v) is 4.79. The minimum Gasteiger partial charge on any atom is -0.356 e. The molecular weight excluding hydrogens is 400 g/mol. The van der Waals surface area contributed by atoms with Crippen molar-refractivity contribution in [2.75, 3.05) is 24.5 Å². The van der Waals surface area contributed by atoms with Crippen LogP contribution >= 0.6 is 11.6 Å². The molecule has 1 atom stereocenters. The van der Waals surface area contributed by atoms with Gasteiger partial charge in [-0.1, -0.05) is 11.6 Å². The summed E-state index contributed by atoms with van der Waals surface area (Å²) in [5.74, 6) is 0.910. The molecular formula is C22H25ClN6O. The van der Waals surface area contributed by atoms with Gasteiger partial charge < -0.3 is 9.80 Å². The highest BCUT2D eigenvalue weighted by Gasteiger charge is 2.32. The molecule has 0 bridgehead atoms. The number of rotatable bonds is 3. The number of halogens is 1. The molecule has 0 N–H and O–H groups in total. The van der Waals surface area contributed by atoms with Gasteiger partial charge in [-0.15, -0.1) is 0 Å². The third-order valence-electron chi connectivity index (χ3n) is 6.10. The van der Waals surface area contributed by atoms with E-state index in [-0.39, 0.29) is 11.9 Å². The lowest BCUT2D eigenvalue weighted by molar-refractivity contribution is 0.0600. The largest absolute Gasteiger partial charge is 0.356 e. The zero-order valence-corrected chi connectivity index (χ0v) is 17.8. The summed E-state index contributed by atoms with van der Waals surface area (Å²) in [5.41, 5.74) is 3.13. The summed E-state index contributed by atoms with van der Waals surface area (Å²) in [6.45, 7) is 4.87. The number of anilines is 1. The predicted octanol–water partition coefficient (Wildman–Crippen LogP) is 4.05. The molecule has 0 aromatic carbocycles. The average Bonchev–Trinajstić information content (AvgIpc) is 3.42. The van der Waals surface area contributed by atoms with Crippen molar-refractivity contribution in [3.63, 3.8) is 0 Å². The molecule has 1 amide bonds. The smallest absolute Gasteiger partial charge is 0.274 e. The lowest BCUT2D eigenvalue weighted by atomic mass is 9.99. The van der Waals surface area contributed by atoms with Crippen LogP contribution in [0.2, 0.25) is 5.02 Å². The molecule has 5 heterocycles. The number of fused-ring (bicyclic) bond motifs is 1. The first-order valence-corrected chi connectivity index (χ1v) is 11.0. The highest BCUT2D eigenvalue weighted by molar-refractivity contribution is 6.33. The van der Waals surface area contributed by atoms with Gasteiger partial charge in [0.05, 0.1) is 16.8 Å². The fraction of sp³-hybridized carbons (Fsp3) is 0.455. The van der Waals surface area contributed by atoms with Crippen LogP contribution in [0, 0.1) is 6.92 Å². The Bertz CT molecular complexity index is 1090. The number of hydrogen-bond acceptors (Lipinski definition) is 5. The summed E-state index contributed by atoms with van der Waals surface area (Å²) in [4.78, 5) is 26.6. The van der Waals surface area contributed by atoms with Gasteiger partial charge in [0, 0.05) is 43.7 Å². The number of amides is 1. The molecule has 0 saturated carbocycles. The van der Waals surface area contributed by atoms with Crippen molar-refractivity contribution >= 4 is 29.0 Å². The number of aromatic nitrogens is 4. The number of aryl methyl sites for hydroxylation is 1. The molecule has 7 nitrogen and oxygen atoms in total. The molecule has 3 aromatic heterocycles. The highest BCUT2D eigenvalue weighted by Crippen LogP contribution is 2.33. The second kappa shape index (κ2) is 7.87. The molecule has 0 aliphatic carbocycles. The van der Waals surface area contributed by atoms with E-state index in [1.807, 2.05) is 21.7 Å². The molecule has 0 spiro atoms. The molecule has 2 aliphatic rings. The molecule has 0 radical (unpaired) electrons. The topological polar surface area (TPSA) is 66.6 Å². The SMILES string of the molecule is Cc1cn2nc(C3CCCCN3C(=O)c3ncccc3Cl)cc2nc1N1CCCC1. The van der Waals surface area contributed by atoms with E-state index in [4.69, 9.17) is 21.7 Å². The predicted molar refractivity (Wildman–Crippen MR) is 116 cm³/mol. The van der Waals surface area contributed by atoms with Crippen LogP contribution in [-0.2, 0) is 0 Å². The van der Waals surface area contributed by atoms with Gasteiger partial charge >= 0.3 is 0 Å². The van der Waals surface area contributed by atoms with Gasteiger partial charge in [0.2, 0.25) is 0 Å². The van der Waals surface area contributed by atoms with Crippen LogP contribution in [0.4, 0.5) is 5.82 Å². The van der Waals surface area contributed by atoms with Crippen LogP contribution in [0.5, 0.6) is 0 Å². The van der Waals surface area contributed by atoms with Gasteiger partial charge in [0.25, 0.3) is 5.91 Å². The summed E-state index contributed by atoms with van der Waals surface area (Å²) in [5, 5.41) is 5.19.